The number of hydrogen-bond donors (Lipinski definition) is 2. The van der Waals surface area contributed by atoms with Crippen LogP contribution < -0.4 is 10.6 Å². The van der Waals surface area contributed by atoms with E-state index in [0.29, 0.717) is 12.6 Å². The molecule has 2 N–H and O–H groups in total. The van der Waals surface area contributed by atoms with Gasteiger partial charge in [0.2, 0.25) is 5.91 Å². The van der Waals surface area contributed by atoms with Gasteiger partial charge in [0.05, 0.1) is 6.54 Å². The number of hydrogen-bond acceptors (Lipinski definition) is 3. The SMILES string of the molecule is Cl.Cl.O=C(CNCC1CC1)NC1CCN(C2CC2)C1. The highest BCUT2D eigenvalue weighted by Crippen LogP contribution is 2.29. The van der Waals surface area contributed by atoms with Gasteiger partial charge < -0.3 is 10.6 Å². The molecule has 2 saturated carbocycles. The Balaban J connectivity index is 0.000000902. The van der Waals surface area contributed by atoms with Crippen LogP contribution in [0.2, 0.25) is 0 Å². The fourth-order valence-electron chi connectivity index (χ4n) is 2.67. The van der Waals surface area contributed by atoms with Gasteiger partial charge in [-0.15, -0.1) is 24.8 Å². The van der Waals surface area contributed by atoms with Crippen LogP contribution in [0.5, 0.6) is 0 Å². The summed E-state index contributed by atoms with van der Waals surface area (Å²) in [6.45, 7) is 3.76. The van der Waals surface area contributed by atoms with Crippen molar-refractivity contribution in [1.82, 2.24) is 15.5 Å². The molecular formula is C13H25Cl2N3O. The molecule has 3 rings (SSSR count). The summed E-state index contributed by atoms with van der Waals surface area (Å²) in [5.41, 5.74) is 0. The topological polar surface area (TPSA) is 44.4 Å². The van der Waals surface area contributed by atoms with Gasteiger partial charge >= 0.3 is 0 Å². The second kappa shape index (κ2) is 7.67. The molecule has 0 bridgehead atoms. The minimum absolute atomic E-state index is 0. The van der Waals surface area contributed by atoms with Gasteiger partial charge in [0.1, 0.15) is 0 Å². The molecule has 1 saturated heterocycles. The van der Waals surface area contributed by atoms with Crippen LogP contribution >= 0.6 is 24.8 Å². The predicted molar refractivity (Wildman–Crippen MR) is 81.2 cm³/mol. The van der Waals surface area contributed by atoms with Crippen LogP contribution in [0.1, 0.15) is 32.1 Å². The number of nitrogens with zero attached hydrogens (tertiary/aromatic N) is 1. The zero-order valence-electron chi connectivity index (χ0n) is 11.3. The van der Waals surface area contributed by atoms with Crippen LogP contribution in [0.3, 0.4) is 0 Å². The van der Waals surface area contributed by atoms with Crippen molar-refractivity contribution in [2.75, 3.05) is 26.2 Å². The molecule has 1 aliphatic heterocycles. The van der Waals surface area contributed by atoms with Gasteiger partial charge in [0, 0.05) is 25.2 Å². The summed E-state index contributed by atoms with van der Waals surface area (Å²) in [5, 5.41) is 6.38. The third-order valence-electron chi connectivity index (χ3n) is 4.06. The highest BCUT2D eigenvalue weighted by molar-refractivity contribution is 5.85. The van der Waals surface area contributed by atoms with E-state index in [1.165, 1.54) is 32.2 Å². The molecule has 112 valence electrons. The number of rotatable bonds is 6. The molecule has 1 atom stereocenters. The Morgan fingerprint density at radius 3 is 2.47 bits per heavy atom. The third kappa shape index (κ3) is 5.46. The van der Waals surface area contributed by atoms with Gasteiger partial charge in [0.15, 0.2) is 0 Å². The summed E-state index contributed by atoms with van der Waals surface area (Å²) in [6, 6.07) is 1.23. The van der Waals surface area contributed by atoms with Crippen molar-refractivity contribution in [3.05, 3.63) is 0 Å². The van der Waals surface area contributed by atoms with E-state index < -0.39 is 0 Å². The number of likely N-dealkylation sites (tertiary alicyclic amines) is 1. The highest BCUT2D eigenvalue weighted by atomic mass is 35.5. The molecule has 1 amide bonds. The quantitative estimate of drug-likeness (QED) is 0.774. The average molecular weight is 310 g/mol. The largest absolute Gasteiger partial charge is 0.351 e. The van der Waals surface area contributed by atoms with E-state index in [9.17, 15) is 4.79 Å². The standard InChI is InChI=1S/C13H23N3O.2ClH/c17-13(8-14-7-10-1-2-10)15-11-5-6-16(9-11)12-3-4-12;;/h10-12,14H,1-9H2,(H,15,17);2*1H. The zero-order chi connectivity index (χ0) is 11.7. The molecule has 3 aliphatic rings. The molecule has 6 heteroatoms. The van der Waals surface area contributed by atoms with Gasteiger partial charge in [-0.2, -0.15) is 0 Å². The maximum Gasteiger partial charge on any atom is 0.234 e. The van der Waals surface area contributed by atoms with E-state index in [0.717, 1.165) is 31.5 Å². The smallest absolute Gasteiger partial charge is 0.234 e. The van der Waals surface area contributed by atoms with Crippen molar-refractivity contribution in [3.8, 4) is 0 Å². The maximum atomic E-state index is 11.7. The van der Waals surface area contributed by atoms with Crippen molar-refractivity contribution in [2.24, 2.45) is 5.92 Å². The van der Waals surface area contributed by atoms with Crippen molar-refractivity contribution in [1.29, 1.82) is 0 Å². The van der Waals surface area contributed by atoms with E-state index in [1.54, 1.807) is 0 Å². The summed E-state index contributed by atoms with van der Waals surface area (Å²) in [4.78, 5) is 14.2. The molecule has 0 aromatic carbocycles. The van der Waals surface area contributed by atoms with Crippen LogP contribution in [0, 0.1) is 5.92 Å². The average Bonchev–Trinajstić information content (AvgIpc) is 3.20. The Morgan fingerprint density at radius 1 is 1.11 bits per heavy atom. The van der Waals surface area contributed by atoms with E-state index in [4.69, 9.17) is 0 Å². The first-order valence-corrected chi connectivity index (χ1v) is 7.05. The van der Waals surface area contributed by atoms with Crippen LogP contribution in [0.4, 0.5) is 0 Å². The fourth-order valence-corrected chi connectivity index (χ4v) is 2.67. The third-order valence-corrected chi connectivity index (χ3v) is 4.06. The van der Waals surface area contributed by atoms with E-state index >= 15 is 0 Å². The second-order valence-electron chi connectivity index (χ2n) is 5.85. The summed E-state index contributed by atoms with van der Waals surface area (Å²) >= 11 is 0. The van der Waals surface area contributed by atoms with Crippen molar-refractivity contribution >= 4 is 30.7 Å². The van der Waals surface area contributed by atoms with Crippen LogP contribution in [0.25, 0.3) is 0 Å². The Morgan fingerprint density at radius 2 is 1.84 bits per heavy atom. The van der Waals surface area contributed by atoms with Crippen molar-refractivity contribution < 1.29 is 4.79 Å². The van der Waals surface area contributed by atoms with Gasteiger partial charge in [-0.3, -0.25) is 9.69 Å². The van der Waals surface area contributed by atoms with Crippen LogP contribution in [0.15, 0.2) is 0 Å². The number of amides is 1. The number of carbonyl (C=O) groups excluding carboxylic acids is 1. The predicted octanol–water partition coefficient (Wildman–Crippen LogP) is 1.18. The van der Waals surface area contributed by atoms with Gasteiger partial charge in [-0.1, -0.05) is 0 Å². The number of carbonyl (C=O) groups is 1. The summed E-state index contributed by atoms with van der Waals surface area (Å²) < 4.78 is 0. The molecule has 19 heavy (non-hydrogen) atoms. The molecule has 1 heterocycles. The first-order valence-electron chi connectivity index (χ1n) is 7.05. The lowest BCUT2D eigenvalue weighted by molar-refractivity contribution is -0.120. The minimum atomic E-state index is 0. The Labute approximate surface area is 127 Å². The van der Waals surface area contributed by atoms with Gasteiger partial charge in [-0.25, -0.2) is 0 Å². The molecule has 0 aromatic rings. The molecule has 4 nitrogen and oxygen atoms in total. The monoisotopic (exact) mass is 309 g/mol. The maximum absolute atomic E-state index is 11.7. The van der Waals surface area contributed by atoms with Gasteiger partial charge in [-0.05, 0) is 44.6 Å². The number of halogens is 2. The first-order chi connectivity index (χ1) is 8.31. The highest BCUT2D eigenvalue weighted by Gasteiger charge is 2.34. The normalized spacial score (nSPS) is 26.4. The van der Waals surface area contributed by atoms with Crippen LogP contribution in [-0.2, 0) is 4.79 Å². The Bertz CT molecular complexity index is 296. The summed E-state index contributed by atoms with van der Waals surface area (Å²) in [5.74, 6) is 1.02. The lowest BCUT2D eigenvalue weighted by Gasteiger charge is -2.15. The summed E-state index contributed by atoms with van der Waals surface area (Å²) in [7, 11) is 0. The number of nitrogens with one attached hydrogen (secondary N) is 2. The fraction of sp³-hybridized carbons (Fsp3) is 0.923. The molecule has 2 aliphatic carbocycles. The lowest BCUT2D eigenvalue weighted by Crippen LogP contribution is -2.42. The van der Waals surface area contributed by atoms with E-state index in [1.807, 2.05) is 0 Å². The molecule has 1 unspecified atom stereocenters. The molecule has 0 aromatic heterocycles. The lowest BCUT2D eigenvalue weighted by atomic mass is 10.2. The minimum Gasteiger partial charge on any atom is -0.351 e. The van der Waals surface area contributed by atoms with Crippen molar-refractivity contribution in [2.45, 2.75) is 44.2 Å². The Kier molecular flexibility index (Phi) is 6.87. The molecule has 3 fully saturated rings. The summed E-state index contributed by atoms with van der Waals surface area (Å²) in [6.07, 6.45) is 6.54. The van der Waals surface area contributed by atoms with Crippen LogP contribution in [-0.4, -0.2) is 49.1 Å². The molecule has 0 spiro atoms. The zero-order valence-corrected chi connectivity index (χ0v) is 12.9. The second-order valence-corrected chi connectivity index (χ2v) is 5.85. The first kappa shape index (κ1) is 17.0. The van der Waals surface area contributed by atoms with E-state index in [-0.39, 0.29) is 30.7 Å². The molecule has 0 radical (unpaired) electrons. The van der Waals surface area contributed by atoms with Crippen molar-refractivity contribution in [3.63, 3.8) is 0 Å². The molecular weight excluding hydrogens is 285 g/mol. The van der Waals surface area contributed by atoms with E-state index in [2.05, 4.69) is 15.5 Å². The van der Waals surface area contributed by atoms with Gasteiger partial charge in [0.25, 0.3) is 0 Å². The Hall–Kier alpha value is -0.0300.